The molecule has 0 radical (unpaired) electrons. The molecule has 2 rings (SSSR count). The van der Waals surface area contributed by atoms with Crippen LogP contribution in [0.4, 0.5) is 0 Å². The van der Waals surface area contributed by atoms with Gasteiger partial charge in [0.2, 0.25) is 5.89 Å². The van der Waals surface area contributed by atoms with Crippen molar-refractivity contribution in [2.45, 2.75) is 45.1 Å². The first-order valence-electron chi connectivity index (χ1n) is 6.92. The molecule has 0 spiro atoms. The third-order valence-corrected chi connectivity index (χ3v) is 3.69. The first-order chi connectivity index (χ1) is 8.70. The van der Waals surface area contributed by atoms with E-state index in [-0.39, 0.29) is 0 Å². The molecule has 0 aliphatic carbocycles. The highest BCUT2D eigenvalue weighted by molar-refractivity contribution is 4.97. The molecule has 1 aliphatic rings. The van der Waals surface area contributed by atoms with Crippen LogP contribution in [0.5, 0.6) is 0 Å². The average molecular weight is 252 g/mol. The van der Waals surface area contributed by atoms with Crippen molar-refractivity contribution in [1.29, 1.82) is 0 Å². The number of nitrogens with zero attached hydrogens (tertiary/aromatic N) is 3. The standard InChI is InChI=1S/C13H24N4O/c1-10(2)17-8-5-11(6-9-17)13-15-12(16-18-13)4-7-14-3/h10-11,14H,4-9H2,1-3H3. The van der Waals surface area contributed by atoms with Crippen molar-refractivity contribution in [2.24, 2.45) is 0 Å². The largest absolute Gasteiger partial charge is 0.339 e. The predicted molar refractivity (Wildman–Crippen MR) is 70.6 cm³/mol. The molecule has 102 valence electrons. The van der Waals surface area contributed by atoms with Crippen LogP contribution in [-0.4, -0.2) is 47.8 Å². The molecule has 1 aromatic heterocycles. The molecule has 0 saturated carbocycles. The van der Waals surface area contributed by atoms with Crippen LogP contribution in [0, 0.1) is 0 Å². The number of piperidine rings is 1. The number of likely N-dealkylation sites (N-methyl/N-ethyl adjacent to an activating group) is 1. The first kappa shape index (κ1) is 13.5. The molecule has 1 saturated heterocycles. The van der Waals surface area contributed by atoms with Gasteiger partial charge in [0.25, 0.3) is 0 Å². The summed E-state index contributed by atoms with van der Waals surface area (Å²) in [5.74, 6) is 2.12. The lowest BCUT2D eigenvalue weighted by atomic mass is 9.96. The van der Waals surface area contributed by atoms with Gasteiger partial charge >= 0.3 is 0 Å². The molecule has 1 N–H and O–H groups in total. The minimum atomic E-state index is 0.454. The van der Waals surface area contributed by atoms with Gasteiger partial charge in [-0.1, -0.05) is 5.16 Å². The highest BCUT2D eigenvalue weighted by Crippen LogP contribution is 2.27. The summed E-state index contributed by atoms with van der Waals surface area (Å²) < 4.78 is 5.39. The van der Waals surface area contributed by atoms with Crippen molar-refractivity contribution >= 4 is 0 Å². The Balaban J connectivity index is 1.87. The zero-order valence-corrected chi connectivity index (χ0v) is 11.6. The maximum Gasteiger partial charge on any atom is 0.229 e. The Morgan fingerprint density at radius 3 is 2.72 bits per heavy atom. The lowest BCUT2D eigenvalue weighted by Crippen LogP contribution is -2.37. The van der Waals surface area contributed by atoms with E-state index in [9.17, 15) is 0 Å². The van der Waals surface area contributed by atoms with Crippen LogP contribution in [0.1, 0.15) is 44.3 Å². The van der Waals surface area contributed by atoms with E-state index in [1.165, 1.54) is 0 Å². The maximum atomic E-state index is 5.39. The van der Waals surface area contributed by atoms with Crippen LogP contribution in [0.15, 0.2) is 4.52 Å². The van der Waals surface area contributed by atoms with Crippen LogP contribution in [0.25, 0.3) is 0 Å². The van der Waals surface area contributed by atoms with Gasteiger partial charge in [-0.25, -0.2) is 0 Å². The number of hydrogen-bond acceptors (Lipinski definition) is 5. The van der Waals surface area contributed by atoms with Gasteiger partial charge in [0.1, 0.15) is 0 Å². The van der Waals surface area contributed by atoms with Crippen molar-refractivity contribution in [1.82, 2.24) is 20.4 Å². The highest BCUT2D eigenvalue weighted by Gasteiger charge is 2.25. The van der Waals surface area contributed by atoms with Crippen molar-refractivity contribution in [3.05, 3.63) is 11.7 Å². The Labute approximate surface area is 109 Å². The molecule has 1 fully saturated rings. The van der Waals surface area contributed by atoms with Gasteiger partial charge in [0, 0.05) is 24.9 Å². The molecule has 0 bridgehead atoms. The van der Waals surface area contributed by atoms with E-state index in [0.717, 1.165) is 50.6 Å². The number of hydrogen-bond donors (Lipinski definition) is 1. The fourth-order valence-electron chi connectivity index (χ4n) is 2.43. The molecular formula is C13H24N4O. The molecule has 1 aromatic rings. The molecule has 0 amide bonds. The molecule has 5 heteroatoms. The summed E-state index contributed by atoms with van der Waals surface area (Å²) in [4.78, 5) is 7.01. The van der Waals surface area contributed by atoms with Gasteiger partial charge in [0.05, 0.1) is 0 Å². The Morgan fingerprint density at radius 1 is 1.39 bits per heavy atom. The molecule has 2 heterocycles. The van der Waals surface area contributed by atoms with E-state index in [1.54, 1.807) is 0 Å². The van der Waals surface area contributed by atoms with E-state index in [1.807, 2.05) is 7.05 Å². The van der Waals surface area contributed by atoms with Gasteiger partial charge in [-0.05, 0) is 46.8 Å². The molecule has 0 unspecified atom stereocenters. The van der Waals surface area contributed by atoms with E-state index in [4.69, 9.17) is 4.52 Å². The lowest BCUT2D eigenvalue weighted by Gasteiger charge is -2.33. The quantitative estimate of drug-likeness (QED) is 0.859. The van der Waals surface area contributed by atoms with Crippen LogP contribution in [0.3, 0.4) is 0 Å². The summed E-state index contributed by atoms with van der Waals surface area (Å²) in [5, 5.41) is 7.14. The Hall–Kier alpha value is -0.940. The minimum absolute atomic E-state index is 0.454. The monoisotopic (exact) mass is 252 g/mol. The van der Waals surface area contributed by atoms with E-state index in [2.05, 4.69) is 34.2 Å². The van der Waals surface area contributed by atoms with Gasteiger partial charge in [-0.3, -0.25) is 0 Å². The topological polar surface area (TPSA) is 54.2 Å². The van der Waals surface area contributed by atoms with Gasteiger partial charge < -0.3 is 14.7 Å². The van der Waals surface area contributed by atoms with Crippen molar-refractivity contribution in [2.75, 3.05) is 26.7 Å². The second-order valence-corrected chi connectivity index (χ2v) is 5.31. The Morgan fingerprint density at radius 2 is 2.11 bits per heavy atom. The van der Waals surface area contributed by atoms with E-state index < -0.39 is 0 Å². The molecule has 18 heavy (non-hydrogen) atoms. The molecule has 0 atom stereocenters. The first-order valence-corrected chi connectivity index (χ1v) is 6.92. The second-order valence-electron chi connectivity index (χ2n) is 5.31. The summed E-state index contributed by atoms with van der Waals surface area (Å²) in [5.41, 5.74) is 0. The molecule has 0 aromatic carbocycles. The zero-order valence-electron chi connectivity index (χ0n) is 11.6. The summed E-state index contributed by atoms with van der Waals surface area (Å²) in [7, 11) is 1.93. The van der Waals surface area contributed by atoms with Crippen molar-refractivity contribution < 1.29 is 4.52 Å². The molecule has 1 aliphatic heterocycles. The summed E-state index contributed by atoms with van der Waals surface area (Å²) in [6.45, 7) is 7.67. The normalized spacial score (nSPS) is 18.7. The summed E-state index contributed by atoms with van der Waals surface area (Å²) in [6, 6.07) is 0.639. The van der Waals surface area contributed by atoms with Crippen molar-refractivity contribution in [3.63, 3.8) is 0 Å². The Bertz CT molecular complexity index is 356. The number of nitrogens with one attached hydrogen (secondary N) is 1. The SMILES string of the molecule is CNCCc1noc(C2CCN(C(C)C)CC2)n1. The third kappa shape index (κ3) is 3.29. The second kappa shape index (κ2) is 6.29. The number of likely N-dealkylation sites (tertiary alicyclic amines) is 1. The van der Waals surface area contributed by atoms with Crippen LogP contribution in [-0.2, 0) is 6.42 Å². The fraction of sp³-hybridized carbons (Fsp3) is 0.846. The number of aromatic nitrogens is 2. The van der Waals surface area contributed by atoms with Gasteiger partial charge in [-0.2, -0.15) is 4.98 Å². The van der Waals surface area contributed by atoms with Gasteiger partial charge in [0.15, 0.2) is 5.82 Å². The third-order valence-electron chi connectivity index (χ3n) is 3.69. The smallest absolute Gasteiger partial charge is 0.229 e. The highest BCUT2D eigenvalue weighted by atomic mass is 16.5. The Kier molecular flexibility index (Phi) is 4.72. The minimum Gasteiger partial charge on any atom is -0.339 e. The fourth-order valence-corrected chi connectivity index (χ4v) is 2.43. The molecule has 5 nitrogen and oxygen atoms in total. The summed E-state index contributed by atoms with van der Waals surface area (Å²) >= 11 is 0. The number of rotatable bonds is 5. The maximum absolute atomic E-state index is 5.39. The van der Waals surface area contributed by atoms with Crippen LogP contribution < -0.4 is 5.32 Å². The lowest BCUT2D eigenvalue weighted by molar-refractivity contribution is 0.160. The van der Waals surface area contributed by atoms with E-state index >= 15 is 0 Å². The zero-order chi connectivity index (χ0) is 13.0. The predicted octanol–water partition coefficient (Wildman–Crippen LogP) is 1.42. The van der Waals surface area contributed by atoms with Crippen molar-refractivity contribution in [3.8, 4) is 0 Å². The van der Waals surface area contributed by atoms with Crippen LogP contribution >= 0.6 is 0 Å². The molecular weight excluding hydrogens is 228 g/mol. The van der Waals surface area contributed by atoms with Gasteiger partial charge in [-0.15, -0.1) is 0 Å². The van der Waals surface area contributed by atoms with Crippen LogP contribution in [0.2, 0.25) is 0 Å². The average Bonchev–Trinajstić information content (AvgIpc) is 2.85. The van der Waals surface area contributed by atoms with E-state index in [0.29, 0.717) is 12.0 Å². The summed E-state index contributed by atoms with van der Waals surface area (Å²) in [6.07, 6.45) is 3.10.